The number of rotatable bonds is 5. The Morgan fingerprint density at radius 1 is 1.00 bits per heavy atom. The molecule has 1 amide bonds. The smallest absolute Gasteiger partial charge is 0.254 e. The van der Waals surface area contributed by atoms with Gasteiger partial charge in [0.25, 0.3) is 5.91 Å². The molecule has 1 aliphatic rings. The van der Waals surface area contributed by atoms with Gasteiger partial charge in [-0.2, -0.15) is 5.10 Å². The lowest BCUT2D eigenvalue weighted by Gasteiger charge is -2.34. The summed E-state index contributed by atoms with van der Waals surface area (Å²) in [5, 5.41) is 6.94. The normalized spacial score (nSPS) is 14.8. The fourth-order valence-electron chi connectivity index (χ4n) is 3.80. The Morgan fingerprint density at radius 2 is 1.81 bits per heavy atom. The van der Waals surface area contributed by atoms with E-state index in [1.807, 2.05) is 53.4 Å². The van der Waals surface area contributed by atoms with Crippen molar-refractivity contribution in [1.82, 2.24) is 20.1 Å². The molecule has 138 valence electrons. The van der Waals surface area contributed by atoms with Crippen LogP contribution in [0, 0.1) is 0 Å². The van der Waals surface area contributed by atoms with Crippen LogP contribution >= 0.6 is 0 Å². The summed E-state index contributed by atoms with van der Waals surface area (Å²) in [6, 6.07) is 15.9. The molecular formula is C22H24N4O. The third-order valence-electron chi connectivity index (χ3n) is 5.28. The highest BCUT2D eigenvalue weighted by Crippen LogP contribution is 2.26. The highest BCUT2D eigenvalue weighted by Gasteiger charge is 2.26. The second kappa shape index (κ2) is 8.16. The number of benzene rings is 1. The molecule has 2 heterocycles. The average molecular weight is 360 g/mol. The minimum atomic E-state index is 0.0868. The Kier molecular flexibility index (Phi) is 5.28. The van der Waals surface area contributed by atoms with Crippen molar-refractivity contribution in [2.45, 2.75) is 44.7 Å². The quantitative estimate of drug-likeness (QED) is 0.731. The molecule has 2 aromatic heterocycles. The molecule has 1 aromatic carbocycles. The van der Waals surface area contributed by atoms with Crippen molar-refractivity contribution in [1.29, 1.82) is 0 Å². The summed E-state index contributed by atoms with van der Waals surface area (Å²) in [6.07, 6.45) is 9.31. The highest BCUT2D eigenvalue weighted by molar-refractivity contribution is 5.94. The maximum absolute atomic E-state index is 13.3. The molecule has 0 aliphatic heterocycles. The molecule has 4 rings (SSSR count). The van der Waals surface area contributed by atoms with Crippen LogP contribution in [0.2, 0.25) is 0 Å². The molecule has 5 nitrogen and oxygen atoms in total. The standard InChI is InChI=1S/C22H24N4O/c27-22(18-11-9-17(10-12-18)21-13-15-24-25-21)26(20-7-2-1-3-8-20)16-19-6-4-5-14-23-19/h4-6,9-15,20H,1-3,7-8,16H2,(H,24,25). The van der Waals surface area contributed by atoms with E-state index in [9.17, 15) is 4.79 Å². The molecule has 3 aromatic rings. The second-order valence-corrected chi connectivity index (χ2v) is 7.09. The summed E-state index contributed by atoms with van der Waals surface area (Å²) in [5.41, 5.74) is 3.63. The van der Waals surface area contributed by atoms with Gasteiger partial charge in [0.15, 0.2) is 0 Å². The van der Waals surface area contributed by atoms with Gasteiger partial charge in [0, 0.05) is 24.0 Å². The third-order valence-corrected chi connectivity index (χ3v) is 5.28. The zero-order chi connectivity index (χ0) is 18.5. The van der Waals surface area contributed by atoms with Crippen LogP contribution in [-0.4, -0.2) is 32.0 Å². The van der Waals surface area contributed by atoms with Crippen molar-refractivity contribution >= 4 is 5.91 Å². The Labute approximate surface area is 159 Å². The summed E-state index contributed by atoms with van der Waals surface area (Å²) in [5.74, 6) is 0.0868. The van der Waals surface area contributed by atoms with E-state index in [-0.39, 0.29) is 5.91 Å². The number of hydrogen-bond acceptors (Lipinski definition) is 3. The van der Waals surface area contributed by atoms with E-state index >= 15 is 0 Å². The molecular weight excluding hydrogens is 336 g/mol. The lowest BCUT2D eigenvalue weighted by Crippen LogP contribution is -2.41. The number of carbonyl (C=O) groups is 1. The van der Waals surface area contributed by atoms with Crippen LogP contribution in [0.25, 0.3) is 11.3 Å². The molecule has 0 radical (unpaired) electrons. The first-order valence-corrected chi connectivity index (χ1v) is 9.62. The fourth-order valence-corrected chi connectivity index (χ4v) is 3.80. The van der Waals surface area contributed by atoms with Crippen molar-refractivity contribution in [3.63, 3.8) is 0 Å². The number of amides is 1. The van der Waals surface area contributed by atoms with E-state index in [4.69, 9.17) is 0 Å². The van der Waals surface area contributed by atoms with Gasteiger partial charge in [0.2, 0.25) is 0 Å². The lowest BCUT2D eigenvalue weighted by molar-refractivity contribution is 0.0611. The minimum absolute atomic E-state index is 0.0868. The van der Waals surface area contributed by atoms with Crippen molar-refractivity contribution < 1.29 is 4.79 Å². The Hall–Kier alpha value is -2.95. The Bertz CT molecular complexity index is 853. The van der Waals surface area contributed by atoms with Crippen LogP contribution in [0.1, 0.15) is 48.2 Å². The number of pyridine rings is 1. The second-order valence-electron chi connectivity index (χ2n) is 7.09. The molecule has 1 aliphatic carbocycles. The fraction of sp³-hybridized carbons (Fsp3) is 0.318. The van der Waals surface area contributed by atoms with Crippen LogP contribution in [0.3, 0.4) is 0 Å². The SMILES string of the molecule is O=C(c1ccc(-c2ccn[nH]2)cc1)N(Cc1ccccn1)C1CCCCC1. The summed E-state index contributed by atoms with van der Waals surface area (Å²) in [6.45, 7) is 0.562. The van der Waals surface area contributed by atoms with Gasteiger partial charge in [-0.3, -0.25) is 14.9 Å². The molecule has 1 fully saturated rings. The maximum atomic E-state index is 13.3. The van der Waals surface area contributed by atoms with Gasteiger partial charge in [-0.25, -0.2) is 0 Å². The molecule has 0 spiro atoms. The number of aromatic nitrogens is 3. The Balaban J connectivity index is 1.57. The third kappa shape index (κ3) is 4.08. The zero-order valence-electron chi connectivity index (χ0n) is 15.3. The van der Waals surface area contributed by atoms with Gasteiger partial charge in [0.05, 0.1) is 17.9 Å². The van der Waals surface area contributed by atoms with Gasteiger partial charge < -0.3 is 4.90 Å². The van der Waals surface area contributed by atoms with E-state index in [1.165, 1.54) is 19.3 Å². The number of carbonyl (C=O) groups excluding carboxylic acids is 1. The first kappa shape index (κ1) is 17.5. The number of hydrogen-bond donors (Lipinski definition) is 1. The number of H-pyrrole nitrogens is 1. The van der Waals surface area contributed by atoms with E-state index in [0.29, 0.717) is 12.6 Å². The Morgan fingerprint density at radius 3 is 2.48 bits per heavy atom. The minimum Gasteiger partial charge on any atom is -0.330 e. The topological polar surface area (TPSA) is 61.9 Å². The van der Waals surface area contributed by atoms with Crippen LogP contribution in [0.15, 0.2) is 60.9 Å². The maximum Gasteiger partial charge on any atom is 0.254 e. The van der Waals surface area contributed by atoms with Crippen LogP contribution in [-0.2, 0) is 6.54 Å². The molecule has 1 saturated carbocycles. The van der Waals surface area contributed by atoms with Gasteiger partial charge >= 0.3 is 0 Å². The largest absolute Gasteiger partial charge is 0.330 e. The van der Waals surface area contributed by atoms with E-state index in [1.54, 1.807) is 12.4 Å². The van der Waals surface area contributed by atoms with Gasteiger partial charge in [-0.1, -0.05) is 37.5 Å². The predicted molar refractivity (Wildman–Crippen MR) is 105 cm³/mol. The first-order chi connectivity index (χ1) is 13.3. The first-order valence-electron chi connectivity index (χ1n) is 9.62. The van der Waals surface area contributed by atoms with Crippen molar-refractivity contribution in [3.8, 4) is 11.3 Å². The highest BCUT2D eigenvalue weighted by atomic mass is 16.2. The van der Waals surface area contributed by atoms with Gasteiger partial charge in [0.1, 0.15) is 0 Å². The van der Waals surface area contributed by atoms with Gasteiger partial charge in [-0.05, 0) is 48.7 Å². The lowest BCUT2D eigenvalue weighted by atomic mass is 9.93. The van der Waals surface area contributed by atoms with E-state index < -0.39 is 0 Å². The summed E-state index contributed by atoms with van der Waals surface area (Å²) in [7, 11) is 0. The van der Waals surface area contributed by atoms with E-state index in [0.717, 1.165) is 35.4 Å². The van der Waals surface area contributed by atoms with Crippen molar-refractivity contribution in [2.24, 2.45) is 0 Å². The van der Waals surface area contributed by atoms with Gasteiger partial charge in [-0.15, -0.1) is 0 Å². The summed E-state index contributed by atoms with van der Waals surface area (Å²) in [4.78, 5) is 19.8. The van der Waals surface area contributed by atoms with Crippen LogP contribution in [0.5, 0.6) is 0 Å². The molecule has 0 bridgehead atoms. The molecule has 0 saturated heterocycles. The molecule has 27 heavy (non-hydrogen) atoms. The summed E-state index contributed by atoms with van der Waals surface area (Å²) >= 11 is 0. The molecule has 5 heteroatoms. The summed E-state index contributed by atoms with van der Waals surface area (Å²) < 4.78 is 0. The average Bonchev–Trinajstić information content (AvgIpc) is 3.28. The molecule has 0 unspecified atom stereocenters. The van der Waals surface area contributed by atoms with Crippen molar-refractivity contribution in [3.05, 3.63) is 72.2 Å². The van der Waals surface area contributed by atoms with Crippen LogP contribution in [0.4, 0.5) is 0 Å². The van der Waals surface area contributed by atoms with E-state index in [2.05, 4.69) is 15.2 Å². The monoisotopic (exact) mass is 360 g/mol. The number of aromatic amines is 1. The van der Waals surface area contributed by atoms with Crippen molar-refractivity contribution in [2.75, 3.05) is 0 Å². The zero-order valence-corrected chi connectivity index (χ0v) is 15.3. The van der Waals surface area contributed by atoms with Crippen LogP contribution < -0.4 is 0 Å². The number of nitrogens with zero attached hydrogens (tertiary/aromatic N) is 3. The molecule has 1 N–H and O–H groups in total. The molecule has 0 atom stereocenters. The predicted octanol–water partition coefficient (Wildman–Crippen LogP) is 4.45. The number of nitrogens with one attached hydrogen (secondary N) is 1.